The van der Waals surface area contributed by atoms with Crippen molar-refractivity contribution in [2.24, 2.45) is 5.92 Å². The van der Waals surface area contributed by atoms with Crippen molar-refractivity contribution in [3.63, 3.8) is 0 Å². The molecule has 1 N–H and O–H groups in total. The summed E-state index contributed by atoms with van der Waals surface area (Å²) < 4.78 is 0. The van der Waals surface area contributed by atoms with Crippen LogP contribution in [0.2, 0.25) is 0 Å². The van der Waals surface area contributed by atoms with E-state index in [1.54, 1.807) is 0 Å². The van der Waals surface area contributed by atoms with Gasteiger partial charge in [0.15, 0.2) is 5.82 Å². The third-order valence-corrected chi connectivity index (χ3v) is 3.54. The maximum atomic E-state index is 4.11. The molecule has 2 unspecified atom stereocenters. The van der Waals surface area contributed by atoms with Crippen molar-refractivity contribution in [3.05, 3.63) is 5.82 Å². The average Bonchev–Trinajstić information content (AvgIpc) is 2.86. The average molecular weight is 223 g/mol. The first kappa shape index (κ1) is 11.5. The molecule has 2 rings (SSSR count). The van der Waals surface area contributed by atoms with Crippen LogP contribution in [-0.2, 0) is 0 Å². The highest BCUT2D eigenvalue weighted by Crippen LogP contribution is 2.34. The van der Waals surface area contributed by atoms with E-state index in [1.807, 2.05) is 0 Å². The van der Waals surface area contributed by atoms with E-state index in [-0.39, 0.29) is 0 Å². The van der Waals surface area contributed by atoms with E-state index in [4.69, 9.17) is 0 Å². The van der Waals surface area contributed by atoms with Crippen LogP contribution in [0.1, 0.15) is 45.9 Å². The van der Waals surface area contributed by atoms with E-state index in [0.717, 1.165) is 18.8 Å². The molecule has 2 heterocycles. The fraction of sp³-hybridized carbons (Fsp3) is 0.909. The van der Waals surface area contributed by atoms with Crippen molar-refractivity contribution in [3.8, 4) is 0 Å². The number of nitrogens with zero attached hydrogens (tertiary/aromatic N) is 4. The van der Waals surface area contributed by atoms with Gasteiger partial charge in [-0.15, -0.1) is 10.2 Å². The first-order valence-electron chi connectivity index (χ1n) is 6.08. The lowest BCUT2D eigenvalue weighted by molar-refractivity contribution is 0.165. The number of hydrogen-bond donors (Lipinski definition) is 1. The number of H-pyrrole nitrogens is 1. The van der Waals surface area contributed by atoms with Crippen LogP contribution in [0.15, 0.2) is 0 Å². The van der Waals surface area contributed by atoms with Gasteiger partial charge in [0.25, 0.3) is 0 Å². The van der Waals surface area contributed by atoms with Crippen LogP contribution < -0.4 is 0 Å². The quantitative estimate of drug-likeness (QED) is 0.842. The molecule has 1 saturated heterocycles. The zero-order valence-corrected chi connectivity index (χ0v) is 10.5. The maximum absolute atomic E-state index is 4.11. The van der Waals surface area contributed by atoms with E-state index in [9.17, 15) is 0 Å². The number of aromatic amines is 1. The van der Waals surface area contributed by atoms with Crippen molar-refractivity contribution in [1.29, 1.82) is 0 Å². The number of hydrogen-bond acceptors (Lipinski definition) is 4. The summed E-state index contributed by atoms with van der Waals surface area (Å²) in [5.41, 5.74) is 0. The summed E-state index contributed by atoms with van der Waals surface area (Å²) in [6, 6.07) is 1.23. The summed E-state index contributed by atoms with van der Waals surface area (Å²) in [4.78, 5) is 2.56. The molecule has 0 aromatic carbocycles. The molecule has 1 fully saturated rings. The monoisotopic (exact) mass is 223 g/mol. The van der Waals surface area contributed by atoms with Crippen LogP contribution >= 0.6 is 0 Å². The normalized spacial score (nSPS) is 27.1. The highest BCUT2D eigenvalue weighted by atomic mass is 15.5. The lowest BCUT2D eigenvalue weighted by atomic mass is 9.97. The van der Waals surface area contributed by atoms with E-state index < -0.39 is 0 Å². The molecule has 0 spiro atoms. The summed E-state index contributed by atoms with van der Waals surface area (Å²) >= 11 is 0. The Morgan fingerprint density at radius 2 is 2.06 bits per heavy atom. The van der Waals surface area contributed by atoms with Crippen LogP contribution in [0.25, 0.3) is 0 Å². The Balaban J connectivity index is 2.12. The fourth-order valence-electron chi connectivity index (χ4n) is 2.67. The standard InChI is InChI=1S/C11H21N5/c1-7(2)10-5-9(6-16(10)8(3)4)11-12-14-15-13-11/h7-10H,5-6H2,1-4H3,(H,12,13,14,15). The largest absolute Gasteiger partial charge is 0.297 e. The molecular formula is C11H21N5. The van der Waals surface area contributed by atoms with Gasteiger partial charge >= 0.3 is 0 Å². The van der Waals surface area contributed by atoms with Gasteiger partial charge in [0.1, 0.15) is 0 Å². The summed E-state index contributed by atoms with van der Waals surface area (Å²) in [6.45, 7) is 10.2. The molecule has 2 atom stereocenters. The molecule has 1 aliphatic rings. The molecule has 0 amide bonds. The van der Waals surface area contributed by atoms with Crippen molar-refractivity contribution in [1.82, 2.24) is 25.5 Å². The molecule has 1 aromatic heterocycles. The van der Waals surface area contributed by atoms with Crippen LogP contribution in [0.3, 0.4) is 0 Å². The second kappa shape index (κ2) is 4.49. The fourth-order valence-corrected chi connectivity index (χ4v) is 2.67. The minimum Gasteiger partial charge on any atom is -0.297 e. The lowest BCUT2D eigenvalue weighted by Gasteiger charge is -2.30. The van der Waals surface area contributed by atoms with Crippen LogP contribution in [0, 0.1) is 5.92 Å². The molecule has 1 aliphatic heterocycles. The first-order chi connectivity index (χ1) is 7.59. The van der Waals surface area contributed by atoms with E-state index in [2.05, 4.69) is 53.2 Å². The van der Waals surface area contributed by atoms with Crippen molar-refractivity contribution in [2.75, 3.05) is 6.54 Å². The Morgan fingerprint density at radius 3 is 2.50 bits per heavy atom. The predicted octanol–water partition coefficient (Wildman–Crippen LogP) is 1.42. The van der Waals surface area contributed by atoms with Gasteiger partial charge in [0.05, 0.1) is 0 Å². The Labute approximate surface area is 96.6 Å². The topological polar surface area (TPSA) is 57.7 Å². The van der Waals surface area contributed by atoms with Gasteiger partial charge in [-0.3, -0.25) is 4.90 Å². The molecular weight excluding hydrogens is 202 g/mol. The van der Waals surface area contributed by atoms with Gasteiger partial charge in [-0.05, 0) is 26.2 Å². The van der Waals surface area contributed by atoms with E-state index in [0.29, 0.717) is 23.9 Å². The van der Waals surface area contributed by atoms with Crippen molar-refractivity contribution < 1.29 is 0 Å². The van der Waals surface area contributed by atoms with Crippen molar-refractivity contribution in [2.45, 2.75) is 52.1 Å². The molecule has 16 heavy (non-hydrogen) atoms. The zero-order valence-electron chi connectivity index (χ0n) is 10.5. The Bertz CT molecular complexity index is 303. The molecule has 0 aliphatic carbocycles. The second-order valence-corrected chi connectivity index (χ2v) is 5.30. The Morgan fingerprint density at radius 1 is 1.31 bits per heavy atom. The van der Waals surface area contributed by atoms with Crippen LogP contribution in [0.4, 0.5) is 0 Å². The highest BCUT2D eigenvalue weighted by molar-refractivity contribution is 5.02. The van der Waals surface area contributed by atoms with Crippen LogP contribution in [0.5, 0.6) is 0 Å². The van der Waals surface area contributed by atoms with E-state index >= 15 is 0 Å². The second-order valence-electron chi connectivity index (χ2n) is 5.30. The van der Waals surface area contributed by atoms with Gasteiger partial charge in [-0.25, -0.2) is 0 Å². The number of aromatic nitrogens is 4. The number of nitrogens with one attached hydrogen (secondary N) is 1. The van der Waals surface area contributed by atoms with Gasteiger partial charge in [-0.2, -0.15) is 5.21 Å². The number of rotatable bonds is 3. The number of tetrazole rings is 1. The van der Waals surface area contributed by atoms with Gasteiger partial charge in [0.2, 0.25) is 0 Å². The molecule has 5 heteroatoms. The summed E-state index contributed by atoms with van der Waals surface area (Å²) in [5, 5.41) is 14.4. The molecule has 0 saturated carbocycles. The maximum Gasteiger partial charge on any atom is 0.178 e. The molecule has 1 aromatic rings. The van der Waals surface area contributed by atoms with Crippen molar-refractivity contribution >= 4 is 0 Å². The Hall–Kier alpha value is -0.970. The predicted molar refractivity (Wildman–Crippen MR) is 62.0 cm³/mol. The molecule has 90 valence electrons. The Kier molecular flexibility index (Phi) is 3.23. The SMILES string of the molecule is CC(C)C1CC(c2nn[nH]n2)CN1C(C)C. The minimum atomic E-state index is 0.438. The minimum absolute atomic E-state index is 0.438. The first-order valence-corrected chi connectivity index (χ1v) is 6.08. The summed E-state index contributed by atoms with van der Waals surface area (Å²) in [6.07, 6.45) is 1.15. The zero-order chi connectivity index (χ0) is 11.7. The smallest absolute Gasteiger partial charge is 0.178 e. The molecule has 0 radical (unpaired) electrons. The third-order valence-electron chi connectivity index (χ3n) is 3.54. The van der Waals surface area contributed by atoms with Gasteiger partial charge < -0.3 is 0 Å². The summed E-state index contributed by atoms with van der Waals surface area (Å²) in [5.74, 6) is 1.99. The van der Waals surface area contributed by atoms with Crippen LogP contribution in [-0.4, -0.2) is 44.2 Å². The molecule has 0 bridgehead atoms. The molecule has 5 nitrogen and oxygen atoms in total. The highest BCUT2D eigenvalue weighted by Gasteiger charge is 2.37. The van der Waals surface area contributed by atoms with Gasteiger partial charge in [-0.1, -0.05) is 19.1 Å². The summed E-state index contributed by atoms with van der Waals surface area (Å²) in [7, 11) is 0. The van der Waals surface area contributed by atoms with E-state index in [1.165, 1.54) is 0 Å². The lowest BCUT2D eigenvalue weighted by Crippen LogP contribution is -2.38. The third kappa shape index (κ3) is 2.09. The van der Waals surface area contributed by atoms with Gasteiger partial charge in [0, 0.05) is 24.5 Å². The number of likely N-dealkylation sites (tertiary alicyclic amines) is 1.